The van der Waals surface area contributed by atoms with Gasteiger partial charge in [-0.2, -0.15) is 0 Å². The summed E-state index contributed by atoms with van der Waals surface area (Å²) < 4.78 is 0. The Kier molecular flexibility index (Phi) is 7.41. The zero-order valence-electron chi connectivity index (χ0n) is 15.6. The van der Waals surface area contributed by atoms with E-state index in [0.29, 0.717) is 12.5 Å². The number of hydrogen-bond donors (Lipinski definition) is 2. The van der Waals surface area contributed by atoms with Gasteiger partial charge in [0.1, 0.15) is 6.04 Å². The molecule has 5 nitrogen and oxygen atoms in total. The van der Waals surface area contributed by atoms with Gasteiger partial charge in [0.25, 0.3) is 0 Å². The molecule has 1 fully saturated rings. The molecule has 5 heteroatoms. The maximum absolute atomic E-state index is 12.6. The van der Waals surface area contributed by atoms with Crippen molar-refractivity contribution in [2.75, 3.05) is 0 Å². The molecule has 2 amide bonds. The fourth-order valence-corrected chi connectivity index (χ4v) is 3.30. The molecule has 1 heterocycles. The van der Waals surface area contributed by atoms with Gasteiger partial charge in [-0.1, -0.05) is 33.3 Å². The molecule has 1 aromatic heterocycles. The van der Waals surface area contributed by atoms with Crippen molar-refractivity contribution in [1.29, 1.82) is 0 Å². The molecule has 0 spiro atoms. The lowest BCUT2D eigenvalue weighted by Crippen LogP contribution is -2.51. The fraction of sp³-hybridized carbons (Fsp3) is 0.650. The van der Waals surface area contributed by atoms with Crippen molar-refractivity contribution in [1.82, 2.24) is 15.6 Å². The Morgan fingerprint density at radius 3 is 2.60 bits per heavy atom. The van der Waals surface area contributed by atoms with E-state index in [1.807, 2.05) is 26.0 Å². The number of hydrogen-bond acceptors (Lipinski definition) is 3. The van der Waals surface area contributed by atoms with Crippen LogP contribution in [0.3, 0.4) is 0 Å². The molecule has 1 aromatic rings. The molecule has 0 radical (unpaired) electrons. The van der Waals surface area contributed by atoms with Crippen LogP contribution >= 0.6 is 0 Å². The second-order valence-electron chi connectivity index (χ2n) is 7.41. The van der Waals surface area contributed by atoms with Gasteiger partial charge in [-0.15, -0.1) is 0 Å². The van der Waals surface area contributed by atoms with E-state index in [2.05, 4.69) is 22.5 Å². The number of carbonyl (C=O) groups is 2. The molecule has 1 saturated carbocycles. The zero-order chi connectivity index (χ0) is 18.2. The molecule has 25 heavy (non-hydrogen) atoms. The molecule has 1 aliphatic rings. The summed E-state index contributed by atoms with van der Waals surface area (Å²) in [5, 5.41) is 5.96. The van der Waals surface area contributed by atoms with Crippen molar-refractivity contribution in [3.63, 3.8) is 0 Å². The highest BCUT2D eigenvalue weighted by Crippen LogP contribution is 2.28. The summed E-state index contributed by atoms with van der Waals surface area (Å²) >= 11 is 0. The number of aromatic nitrogens is 1. The van der Waals surface area contributed by atoms with Crippen LogP contribution in [0.25, 0.3) is 0 Å². The standard InChI is InChI=1S/C20H31N3O2/c1-4-15(3)18(20(25)22-13-16-6-5-11-21-12-16)23-19(24)17-9-7-14(2)8-10-17/h5-6,11-12,14-15,17-18H,4,7-10,13H2,1-3H3,(H,22,25)(H,23,24)/t14?,15-,17?,18-/m0/s1. The third-order valence-electron chi connectivity index (χ3n) is 5.37. The van der Waals surface area contributed by atoms with Crippen LogP contribution in [0.5, 0.6) is 0 Å². The van der Waals surface area contributed by atoms with E-state index in [1.54, 1.807) is 12.4 Å². The van der Waals surface area contributed by atoms with Crippen molar-refractivity contribution in [2.45, 2.75) is 65.5 Å². The summed E-state index contributed by atoms with van der Waals surface area (Å²) in [6.07, 6.45) is 8.33. The Hall–Kier alpha value is -1.91. The van der Waals surface area contributed by atoms with E-state index in [4.69, 9.17) is 0 Å². The number of nitrogens with zero attached hydrogens (tertiary/aromatic N) is 1. The first-order valence-corrected chi connectivity index (χ1v) is 9.48. The summed E-state index contributed by atoms with van der Waals surface area (Å²) in [6, 6.07) is 3.29. The first-order valence-electron chi connectivity index (χ1n) is 9.48. The molecule has 2 rings (SSSR count). The lowest BCUT2D eigenvalue weighted by molar-refractivity contribution is -0.133. The van der Waals surface area contributed by atoms with Crippen LogP contribution in [-0.4, -0.2) is 22.8 Å². The van der Waals surface area contributed by atoms with Crippen molar-refractivity contribution < 1.29 is 9.59 Å². The quantitative estimate of drug-likeness (QED) is 0.798. The third-order valence-corrected chi connectivity index (χ3v) is 5.37. The molecule has 1 aliphatic carbocycles. The van der Waals surface area contributed by atoms with Crippen molar-refractivity contribution in [3.05, 3.63) is 30.1 Å². The van der Waals surface area contributed by atoms with Crippen LogP contribution < -0.4 is 10.6 Å². The van der Waals surface area contributed by atoms with E-state index < -0.39 is 6.04 Å². The Labute approximate surface area is 151 Å². The van der Waals surface area contributed by atoms with Gasteiger partial charge in [-0.25, -0.2) is 0 Å². The molecular weight excluding hydrogens is 314 g/mol. The number of carbonyl (C=O) groups excluding carboxylic acids is 2. The predicted octanol–water partition coefficient (Wildman–Crippen LogP) is 3.06. The Morgan fingerprint density at radius 2 is 2.00 bits per heavy atom. The van der Waals surface area contributed by atoms with Gasteiger partial charge in [0.15, 0.2) is 0 Å². The van der Waals surface area contributed by atoms with Gasteiger partial charge in [-0.3, -0.25) is 14.6 Å². The maximum atomic E-state index is 12.6. The molecule has 0 aromatic carbocycles. The summed E-state index contributed by atoms with van der Waals surface area (Å²) in [7, 11) is 0. The normalized spacial score (nSPS) is 22.7. The van der Waals surface area contributed by atoms with Crippen LogP contribution in [0.4, 0.5) is 0 Å². The van der Waals surface area contributed by atoms with Gasteiger partial charge < -0.3 is 10.6 Å². The SMILES string of the molecule is CC[C@H](C)[C@H](NC(=O)C1CCC(C)CC1)C(=O)NCc1cccnc1. The number of nitrogens with one attached hydrogen (secondary N) is 2. The zero-order valence-corrected chi connectivity index (χ0v) is 15.6. The van der Waals surface area contributed by atoms with Gasteiger partial charge in [0.05, 0.1) is 0 Å². The molecule has 0 aliphatic heterocycles. The van der Waals surface area contributed by atoms with E-state index in [-0.39, 0.29) is 23.7 Å². The number of pyridine rings is 1. The largest absolute Gasteiger partial charge is 0.350 e. The lowest BCUT2D eigenvalue weighted by atomic mass is 9.82. The van der Waals surface area contributed by atoms with E-state index in [0.717, 1.165) is 37.7 Å². The number of rotatable bonds is 7. The second-order valence-corrected chi connectivity index (χ2v) is 7.41. The monoisotopic (exact) mass is 345 g/mol. The predicted molar refractivity (Wildman–Crippen MR) is 98.6 cm³/mol. The maximum Gasteiger partial charge on any atom is 0.243 e. The minimum absolute atomic E-state index is 0.0359. The van der Waals surface area contributed by atoms with E-state index in [1.165, 1.54) is 0 Å². The lowest BCUT2D eigenvalue weighted by Gasteiger charge is -2.29. The van der Waals surface area contributed by atoms with E-state index >= 15 is 0 Å². The third kappa shape index (κ3) is 5.83. The Balaban J connectivity index is 1.93. The van der Waals surface area contributed by atoms with Crippen LogP contribution in [0.1, 0.15) is 58.4 Å². The molecular formula is C20H31N3O2. The first kappa shape index (κ1) is 19.4. The highest BCUT2D eigenvalue weighted by Gasteiger charge is 2.30. The fourth-order valence-electron chi connectivity index (χ4n) is 3.30. The molecule has 2 atom stereocenters. The summed E-state index contributed by atoms with van der Waals surface area (Å²) in [6.45, 7) is 6.72. The summed E-state index contributed by atoms with van der Waals surface area (Å²) in [5.74, 6) is 0.774. The van der Waals surface area contributed by atoms with Crippen molar-refractivity contribution in [3.8, 4) is 0 Å². The number of amides is 2. The highest BCUT2D eigenvalue weighted by molar-refractivity contribution is 5.88. The average Bonchev–Trinajstić information content (AvgIpc) is 2.64. The van der Waals surface area contributed by atoms with Crippen LogP contribution in [0.2, 0.25) is 0 Å². The van der Waals surface area contributed by atoms with Crippen molar-refractivity contribution in [2.24, 2.45) is 17.8 Å². The van der Waals surface area contributed by atoms with E-state index in [9.17, 15) is 9.59 Å². The second kappa shape index (κ2) is 9.54. The van der Waals surface area contributed by atoms with Crippen LogP contribution in [0.15, 0.2) is 24.5 Å². The average molecular weight is 345 g/mol. The van der Waals surface area contributed by atoms with Gasteiger partial charge in [-0.05, 0) is 49.1 Å². The Morgan fingerprint density at radius 1 is 1.28 bits per heavy atom. The minimum atomic E-state index is -0.478. The summed E-state index contributed by atoms with van der Waals surface area (Å²) in [4.78, 5) is 29.3. The van der Waals surface area contributed by atoms with Crippen LogP contribution in [-0.2, 0) is 16.1 Å². The molecule has 2 N–H and O–H groups in total. The smallest absolute Gasteiger partial charge is 0.243 e. The topological polar surface area (TPSA) is 71.1 Å². The van der Waals surface area contributed by atoms with Crippen molar-refractivity contribution >= 4 is 11.8 Å². The first-order chi connectivity index (χ1) is 12.0. The molecule has 0 saturated heterocycles. The Bertz CT molecular complexity index is 553. The molecule has 0 bridgehead atoms. The van der Waals surface area contributed by atoms with Gasteiger partial charge >= 0.3 is 0 Å². The van der Waals surface area contributed by atoms with Gasteiger partial charge in [0, 0.05) is 24.9 Å². The van der Waals surface area contributed by atoms with Crippen LogP contribution in [0, 0.1) is 17.8 Å². The molecule has 0 unspecified atom stereocenters. The highest BCUT2D eigenvalue weighted by atomic mass is 16.2. The summed E-state index contributed by atoms with van der Waals surface area (Å²) in [5.41, 5.74) is 0.950. The van der Waals surface area contributed by atoms with Gasteiger partial charge in [0.2, 0.25) is 11.8 Å². The molecule has 138 valence electrons. The minimum Gasteiger partial charge on any atom is -0.350 e.